The SMILES string of the molecule is Cc1cccc(C2(C(=O)O)CC(O)C2)c1C. The molecular formula is C13H16O3. The van der Waals surface area contributed by atoms with Crippen molar-refractivity contribution in [1.82, 2.24) is 0 Å². The van der Waals surface area contributed by atoms with Gasteiger partial charge in [-0.3, -0.25) is 4.79 Å². The molecule has 1 saturated carbocycles. The van der Waals surface area contributed by atoms with Gasteiger partial charge in [-0.05, 0) is 43.4 Å². The summed E-state index contributed by atoms with van der Waals surface area (Å²) in [5.41, 5.74) is 2.11. The largest absolute Gasteiger partial charge is 0.481 e. The fourth-order valence-electron chi connectivity index (χ4n) is 2.52. The highest BCUT2D eigenvalue weighted by Gasteiger charge is 2.51. The molecule has 3 nitrogen and oxygen atoms in total. The lowest BCUT2D eigenvalue weighted by Gasteiger charge is -2.43. The molecule has 2 N–H and O–H groups in total. The standard InChI is InChI=1S/C13H16O3/c1-8-4-3-5-11(9(8)2)13(12(15)16)6-10(14)7-13/h3-5,10,14H,6-7H2,1-2H3,(H,15,16). The van der Waals surface area contributed by atoms with Gasteiger partial charge in [-0.1, -0.05) is 18.2 Å². The maximum Gasteiger partial charge on any atom is 0.314 e. The molecule has 3 heteroatoms. The van der Waals surface area contributed by atoms with Crippen LogP contribution in [0.25, 0.3) is 0 Å². The zero-order valence-electron chi connectivity index (χ0n) is 9.53. The Bertz CT molecular complexity index is 431. The van der Waals surface area contributed by atoms with Gasteiger partial charge in [0.05, 0.1) is 11.5 Å². The van der Waals surface area contributed by atoms with E-state index in [9.17, 15) is 15.0 Å². The van der Waals surface area contributed by atoms with Crippen molar-refractivity contribution in [2.24, 2.45) is 0 Å². The molecule has 1 aromatic carbocycles. The van der Waals surface area contributed by atoms with E-state index in [-0.39, 0.29) is 0 Å². The van der Waals surface area contributed by atoms with E-state index >= 15 is 0 Å². The summed E-state index contributed by atoms with van der Waals surface area (Å²) in [4.78, 5) is 11.4. The first-order valence-corrected chi connectivity index (χ1v) is 5.45. The number of carboxylic acids is 1. The summed E-state index contributed by atoms with van der Waals surface area (Å²) in [5.74, 6) is -0.827. The third-order valence-electron chi connectivity index (χ3n) is 3.70. The third kappa shape index (κ3) is 1.43. The minimum atomic E-state index is -0.866. The molecule has 1 aliphatic rings. The Balaban J connectivity index is 2.49. The van der Waals surface area contributed by atoms with Gasteiger partial charge in [0.25, 0.3) is 0 Å². The van der Waals surface area contributed by atoms with Crippen LogP contribution in [0.5, 0.6) is 0 Å². The minimum absolute atomic E-state index is 0.326. The van der Waals surface area contributed by atoms with Gasteiger partial charge in [-0.15, -0.1) is 0 Å². The lowest BCUT2D eigenvalue weighted by Crippen LogP contribution is -2.51. The van der Waals surface area contributed by atoms with Crippen LogP contribution in [0.4, 0.5) is 0 Å². The molecule has 2 rings (SSSR count). The fourth-order valence-corrected chi connectivity index (χ4v) is 2.52. The molecule has 0 aromatic heterocycles. The predicted octanol–water partition coefficient (Wildman–Crippen LogP) is 1.78. The van der Waals surface area contributed by atoms with Crippen LogP contribution in [0.3, 0.4) is 0 Å². The van der Waals surface area contributed by atoms with E-state index in [2.05, 4.69) is 0 Å². The van der Waals surface area contributed by atoms with E-state index in [4.69, 9.17) is 0 Å². The number of aliphatic hydroxyl groups is 1. The van der Waals surface area contributed by atoms with E-state index in [1.165, 1.54) is 0 Å². The first-order chi connectivity index (χ1) is 7.47. The smallest absolute Gasteiger partial charge is 0.314 e. The quantitative estimate of drug-likeness (QED) is 0.798. The lowest BCUT2D eigenvalue weighted by molar-refractivity contribution is -0.153. The van der Waals surface area contributed by atoms with Crippen molar-refractivity contribution >= 4 is 5.97 Å². The van der Waals surface area contributed by atoms with Crippen LogP contribution >= 0.6 is 0 Å². The monoisotopic (exact) mass is 220 g/mol. The molecule has 16 heavy (non-hydrogen) atoms. The molecule has 0 amide bonds. The van der Waals surface area contributed by atoms with E-state index in [1.54, 1.807) is 0 Å². The van der Waals surface area contributed by atoms with Crippen LogP contribution in [0.1, 0.15) is 29.5 Å². The summed E-state index contributed by atoms with van der Waals surface area (Å²) in [6.07, 6.45) is 0.176. The average Bonchev–Trinajstić information content (AvgIpc) is 2.17. The van der Waals surface area contributed by atoms with Crippen molar-refractivity contribution in [3.63, 3.8) is 0 Å². The summed E-state index contributed by atoms with van der Waals surface area (Å²) in [7, 11) is 0. The second-order valence-corrected chi connectivity index (χ2v) is 4.70. The molecule has 1 fully saturated rings. The average molecular weight is 220 g/mol. The Morgan fingerprint density at radius 1 is 1.38 bits per heavy atom. The number of carboxylic acid groups (broad SMARTS) is 1. The predicted molar refractivity (Wildman–Crippen MR) is 60.5 cm³/mol. The molecule has 0 unspecified atom stereocenters. The first kappa shape index (κ1) is 11.1. The summed E-state index contributed by atoms with van der Waals surface area (Å²) >= 11 is 0. The fraction of sp³-hybridized carbons (Fsp3) is 0.462. The number of carbonyl (C=O) groups is 1. The second-order valence-electron chi connectivity index (χ2n) is 4.70. The van der Waals surface area contributed by atoms with Crippen molar-refractivity contribution in [3.05, 3.63) is 34.9 Å². The van der Waals surface area contributed by atoms with Gasteiger partial charge in [-0.2, -0.15) is 0 Å². The number of aliphatic carboxylic acids is 1. The summed E-state index contributed by atoms with van der Waals surface area (Å²) in [6, 6.07) is 5.72. The van der Waals surface area contributed by atoms with Gasteiger partial charge in [0.15, 0.2) is 0 Å². The van der Waals surface area contributed by atoms with Crippen molar-refractivity contribution < 1.29 is 15.0 Å². The minimum Gasteiger partial charge on any atom is -0.481 e. The topological polar surface area (TPSA) is 57.5 Å². The number of hydrogen-bond donors (Lipinski definition) is 2. The van der Waals surface area contributed by atoms with Gasteiger partial charge in [-0.25, -0.2) is 0 Å². The van der Waals surface area contributed by atoms with Crippen LogP contribution in [0.2, 0.25) is 0 Å². The molecule has 0 aliphatic heterocycles. The van der Waals surface area contributed by atoms with Crippen LogP contribution in [0.15, 0.2) is 18.2 Å². The molecule has 1 aromatic rings. The molecule has 0 atom stereocenters. The van der Waals surface area contributed by atoms with E-state index in [0.717, 1.165) is 16.7 Å². The maximum absolute atomic E-state index is 11.4. The van der Waals surface area contributed by atoms with Crippen LogP contribution in [0, 0.1) is 13.8 Å². The van der Waals surface area contributed by atoms with Crippen LogP contribution < -0.4 is 0 Å². The van der Waals surface area contributed by atoms with Crippen molar-refractivity contribution in [3.8, 4) is 0 Å². The molecule has 0 spiro atoms. The Kier molecular flexibility index (Phi) is 2.50. The highest BCUT2D eigenvalue weighted by atomic mass is 16.4. The number of hydrogen-bond acceptors (Lipinski definition) is 2. The summed E-state index contributed by atoms with van der Waals surface area (Å²) in [5, 5.41) is 18.7. The number of aryl methyl sites for hydroxylation is 1. The molecular weight excluding hydrogens is 204 g/mol. The summed E-state index contributed by atoms with van der Waals surface area (Å²) < 4.78 is 0. The van der Waals surface area contributed by atoms with Gasteiger partial charge >= 0.3 is 5.97 Å². The Morgan fingerprint density at radius 2 is 2.00 bits per heavy atom. The first-order valence-electron chi connectivity index (χ1n) is 5.45. The zero-order valence-corrected chi connectivity index (χ0v) is 9.53. The van der Waals surface area contributed by atoms with Crippen molar-refractivity contribution in [2.75, 3.05) is 0 Å². The molecule has 0 radical (unpaired) electrons. The highest BCUT2D eigenvalue weighted by Crippen LogP contribution is 2.45. The normalized spacial score (nSPS) is 28.6. The number of benzene rings is 1. The van der Waals surface area contributed by atoms with E-state index in [1.807, 2.05) is 32.0 Å². The number of rotatable bonds is 2. The molecule has 0 bridgehead atoms. The summed E-state index contributed by atoms with van der Waals surface area (Å²) in [6.45, 7) is 3.92. The Morgan fingerprint density at radius 3 is 2.50 bits per heavy atom. The highest BCUT2D eigenvalue weighted by molar-refractivity contribution is 5.83. The van der Waals surface area contributed by atoms with Crippen LogP contribution in [-0.2, 0) is 10.2 Å². The maximum atomic E-state index is 11.4. The lowest BCUT2D eigenvalue weighted by atomic mass is 9.61. The van der Waals surface area contributed by atoms with E-state index in [0.29, 0.717) is 12.8 Å². The Labute approximate surface area is 94.7 Å². The van der Waals surface area contributed by atoms with Gasteiger partial charge in [0.1, 0.15) is 0 Å². The van der Waals surface area contributed by atoms with Crippen molar-refractivity contribution in [2.45, 2.75) is 38.2 Å². The molecule has 0 saturated heterocycles. The molecule has 0 heterocycles. The Hall–Kier alpha value is -1.35. The zero-order chi connectivity index (χ0) is 11.9. The van der Waals surface area contributed by atoms with Gasteiger partial charge in [0.2, 0.25) is 0 Å². The third-order valence-corrected chi connectivity index (χ3v) is 3.70. The molecule has 1 aliphatic carbocycles. The second kappa shape index (κ2) is 3.59. The number of aliphatic hydroxyl groups excluding tert-OH is 1. The molecule has 86 valence electrons. The van der Waals surface area contributed by atoms with E-state index < -0.39 is 17.5 Å². The van der Waals surface area contributed by atoms with Gasteiger partial charge < -0.3 is 10.2 Å². The van der Waals surface area contributed by atoms with Crippen LogP contribution in [-0.4, -0.2) is 22.3 Å². The van der Waals surface area contributed by atoms with Crippen molar-refractivity contribution in [1.29, 1.82) is 0 Å². The van der Waals surface area contributed by atoms with Gasteiger partial charge in [0, 0.05) is 0 Å².